The predicted molar refractivity (Wildman–Crippen MR) is 76.9 cm³/mol. The van der Waals surface area contributed by atoms with E-state index in [0.29, 0.717) is 0 Å². The lowest BCUT2D eigenvalue weighted by molar-refractivity contribution is 0.411. The highest BCUT2D eigenvalue weighted by Crippen LogP contribution is 2.28. The Bertz CT molecular complexity index is 383. The van der Waals surface area contributed by atoms with E-state index in [1.807, 2.05) is 0 Å². The fourth-order valence-electron chi connectivity index (χ4n) is 2.13. The number of benzene rings is 1. The van der Waals surface area contributed by atoms with Crippen LogP contribution in [0.2, 0.25) is 0 Å². The van der Waals surface area contributed by atoms with Crippen LogP contribution in [0, 0.1) is 13.8 Å². The molecule has 0 aromatic heterocycles. The van der Waals surface area contributed by atoms with Crippen molar-refractivity contribution < 1.29 is 0 Å². The molecule has 1 rings (SSSR count). The van der Waals surface area contributed by atoms with Crippen molar-refractivity contribution in [1.82, 2.24) is 4.90 Å². The van der Waals surface area contributed by atoms with E-state index >= 15 is 0 Å². The number of hydrogen-bond acceptors (Lipinski definition) is 1. The number of aryl methyl sites for hydroxylation is 2. The summed E-state index contributed by atoms with van der Waals surface area (Å²) in [7, 11) is 4.27. The molecule has 0 aliphatic heterocycles. The summed E-state index contributed by atoms with van der Waals surface area (Å²) >= 11 is 0. The Labute approximate surface area is 107 Å². The molecule has 17 heavy (non-hydrogen) atoms. The number of likely N-dealkylation sites (N-methyl/N-ethyl adjacent to an activating group) is 1. The maximum atomic E-state index is 2.38. The molecule has 0 atom stereocenters. The first-order valence-corrected chi connectivity index (χ1v) is 6.47. The molecule has 1 aromatic carbocycles. The summed E-state index contributed by atoms with van der Waals surface area (Å²) in [5.74, 6) is 0. The van der Waals surface area contributed by atoms with Gasteiger partial charge in [-0.3, -0.25) is 0 Å². The topological polar surface area (TPSA) is 3.24 Å². The van der Waals surface area contributed by atoms with Crippen LogP contribution in [0.5, 0.6) is 0 Å². The zero-order chi connectivity index (χ0) is 13.2. The summed E-state index contributed by atoms with van der Waals surface area (Å²) < 4.78 is 0. The third-order valence-electron chi connectivity index (χ3n) is 3.36. The second kappa shape index (κ2) is 5.22. The van der Waals surface area contributed by atoms with E-state index in [1.54, 1.807) is 0 Å². The van der Waals surface area contributed by atoms with Crippen molar-refractivity contribution in [3.8, 4) is 0 Å². The SMILES string of the molecule is Cc1cc(CCN(C)C)c(C(C)(C)C)cc1C. The minimum absolute atomic E-state index is 0.236. The molecule has 0 radical (unpaired) electrons. The van der Waals surface area contributed by atoms with Gasteiger partial charge in [0.05, 0.1) is 0 Å². The van der Waals surface area contributed by atoms with E-state index in [1.165, 1.54) is 22.3 Å². The van der Waals surface area contributed by atoms with E-state index in [9.17, 15) is 0 Å². The van der Waals surface area contributed by atoms with Crippen molar-refractivity contribution in [2.24, 2.45) is 0 Å². The average molecular weight is 233 g/mol. The highest BCUT2D eigenvalue weighted by atomic mass is 15.0. The van der Waals surface area contributed by atoms with Gasteiger partial charge in [0.25, 0.3) is 0 Å². The van der Waals surface area contributed by atoms with Crippen LogP contribution in [0.3, 0.4) is 0 Å². The van der Waals surface area contributed by atoms with Crippen LogP contribution in [0.1, 0.15) is 43.0 Å². The Morgan fingerprint density at radius 2 is 1.53 bits per heavy atom. The first-order valence-electron chi connectivity index (χ1n) is 6.47. The highest BCUT2D eigenvalue weighted by Gasteiger charge is 2.18. The van der Waals surface area contributed by atoms with Crippen LogP contribution in [0.4, 0.5) is 0 Å². The maximum absolute atomic E-state index is 2.38. The zero-order valence-corrected chi connectivity index (χ0v) is 12.5. The lowest BCUT2D eigenvalue weighted by atomic mass is 9.81. The average Bonchev–Trinajstić information content (AvgIpc) is 2.17. The van der Waals surface area contributed by atoms with E-state index < -0.39 is 0 Å². The summed E-state index contributed by atoms with van der Waals surface area (Å²) in [5.41, 5.74) is 6.06. The third kappa shape index (κ3) is 3.85. The standard InChI is InChI=1S/C16H27N/c1-12-10-14(8-9-17(6)7)15(11-13(12)2)16(3,4)5/h10-11H,8-9H2,1-7H3. The van der Waals surface area contributed by atoms with Crippen molar-refractivity contribution in [3.63, 3.8) is 0 Å². The van der Waals surface area contributed by atoms with Crippen molar-refractivity contribution in [3.05, 3.63) is 34.4 Å². The molecular formula is C16H27N. The first-order chi connectivity index (χ1) is 7.71. The zero-order valence-electron chi connectivity index (χ0n) is 12.5. The predicted octanol–water partition coefficient (Wildman–Crippen LogP) is 3.71. The number of hydrogen-bond donors (Lipinski definition) is 0. The van der Waals surface area contributed by atoms with Crippen LogP contribution >= 0.6 is 0 Å². The molecule has 0 spiro atoms. The van der Waals surface area contributed by atoms with Gasteiger partial charge in [-0.05, 0) is 62.0 Å². The van der Waals surface area contributed by atoms with Crippen LogP contribution in [0.25, 0.3) is 0 Å². The normalized spacial score (nSPS) is 12.2. The molecule has 0 saturated carbocycles. The van der Waals surface area contributed by atoms with Crippen LogP contribution in [0.15, 0.2) is 12.1 Å². The molecule has 1 heteroatoms. The van der Waals surface area contributed by atoms with Crippen molar-refractivity contribution in [2.75, 3.05) is 20.6 Å². The molecule has 0 amide bonds. The van der Waals surface area contributed by atoms with E-state index in [2.05, 4.69) is 65.7 Å². The Balaban J connectivity index is 3.12. The van der Waals surface area contributed by atoms with Gasteiger partial charge in [-0.1, -0.05) is 32.9 Å². The fourth-order valence-corrected chi connectivity index (χ4v) is 2.13. The monoisotopic (exact) mass is 233 g/mol. The van der Waals surface area contributed by atoms with Crippen molar-refractivity contribution >= 4 is 0 Å². The first kappa shape index (κ1) is 14.2. The fraction of sp³-hybridized carbons (Fsp3) is 0.625. The lowest BCUT2D eigenvalue weighted by Crippen LogP contribution is -2.20. The van der Waals surface area contributed by atoms with Crippen LogP contribution in [-0.2, 0) is 11.8 Å². The Morgan fingerprint density at radius 3 is 2.00 bits per heavy atom. The van der Waals surface area contributed by atoms with Gasteiger partial charge >= 0.3 is 0 Å². The molecule has 0 aliphatic rings. The van der Waals surface area contributed by atoms with Gasteiger partial charge in [0.1, 0.15) is 0 Å². The maximum Gasteiger partial charge on any atom is 0.00158 e. The lowest BCUT2D eigenvalue weighted by Gasteiger charge is -2.25. The van der Waals surface area contributed by atoms with Gasteiger partial charge < -0.3 is 4.90 Å². The highest BCUT2D eigenvalue weighted by molar-refractivity contribution is 5.41. The molecule has 96 valence electrons. The van der Waals surface area contributed by atoms with Gasteiger partial charge in [-0.2, -0.15) is 0 Å². The summed E-state index contributed by atoms with van der Waals surface area (Å²) in [6, 6.07) is 4.75. The van der Waals surface area contributed by atoms with Crippen molar-refractivity contribution in [1.29, 1.82) is 0 Å². The molecule has 0 unspecified atom stereocenters. The van der Waals surface area contributed by atoms with Crippen LogP contribution < -0.4 is 0 Å². The smallest absolute Gasteiger partial charge is 0.00158 e. The van der Waals surface area contributed by atoms with Gasteiger partial charge in [0.15, 0.2) is 0 Å². The molecule has 0 aliphatic carbocycles. The molecule has 0 N–H and O–H groups in total. The minimum atomic E-state index is 0.236. The van der Waals surface area contributed by atoms with Gasteiger partial charge in [0.2, 0.25) is 0 Å². The molecule has 1 aromatic rings. The number of nitrogens with zero attached hydrogens (tertiary/aromatic N) is 1. The second-order valence-corrected chi connectivity index (χ2v) is 6.40. The molecule has 1 nitrogen and oxygen atoms in total. The summed E-state index contributed by atoms with van der Waals surface area (Å²) in [6.45, 7) is 12.4. The van der Waals surface area contributed by atoms with Crippen molar-refractivity contribution in [2.45, 2.75) is 46.5 Å². The summed E-state index contributed by atoms with van der Waals surface area (Å²) in [4.78, 5) is 2.25. The summed E-state index contributed by atoms with van der Waals surface area (Å²) in [5, 5.41) is 0. The van der Waals surface area contributed by atoms with E-state index in [-0.39, 0.29) is 5.41 Å². The van der Waals surface area contributed by atoms with E-state index in [0.717, 1.165) is 13.0 Å². The van der Waals surface area contributed by atoms with E-state index in [4.69, 9.17) is 0 Å². The molecule has 0 saturated heterocycles. The Hall–Kier alpha value is -0.820. The Morgan fingerprint density at radius 1 is 1.00 bits per heavy atom. The summed E-state index contributed by atoms with van der Waals surface area (Å²) in [6.07, 6.45) is 1.14. The molecular weight excluding hydrogens is 206 g/mol. The second-order valence-electron chi connectivity index (χ2n) is 6.40. The van der Waals surface area contributed by atoms with Gasteiger partial charge in [-0.25, -0.2) is 0 Å². The van der Waals surface area contributed by atoms with Gasteiger partial charge in [0, 0.05) is 6.54 Å². The Kier molecular flexibility index (Phi) is 4.37. The molecule has 0 heterocycles. The van der Waals surface area contributed by atoms with Gasteiger partial charge in [-0.15, -0.1) is 0 Å². The molecule has 0 bridgehead atoms. The largest absolute Gasteiger partial charge is 0.309 e. The quantitative estimate of drug-likeness (QED) is 0.769. The van der Waals surface area contributed by atoms with Crippen LogP contribution in [-0.4, -0.2) is 25.5 Å². The number of rotatable bonds is 3. The third-order valence-corrected chi connectivity index (χ3v) is 3.36. The molecule has 0 fully saturated rings. The minimum Gasteiger partial charge on any atom is -0.309 e.